The molecule has 19 heavy (non-hydrogen) atoms. The Morgan fingerprint density at radius 3 is 2.32 bits per heavy atom. The molecule has 2 amide bonds. The summed E-state index contributed by atoms with van der Waals surface area (Å²) in [5.41, 5.74) is 5.62. The first-order chi connectivity index (χ1) is 8.62. The molecule has 0 aliphatic heterocycles. The number of unbranched alkanes of at least 4 members (excludes halogenated alkanes) is 1. The molecule has 0 heterocycles. The predicted molar refractivity (Wildman–Crippen MR) is 71.7 cm³/mol. The van der Waals surface area contributed by atoms with Crippen LogP contribution in [0.4, 0.5) is 4.79 Å². The summed E-state index contributed by atoms with van der Waals surface area (Å²) in [4.78, 5) is 33.2. The van der Waals surface area contributed by atoms with Crippen molar-refractivity contribution in [3.8, 4) is 0 Å². The molecular weight excluding hydrogens is 271 g/mol. The van der Waals surface area contributed by atoms with E-state index in [9.17, 15) is 19.0 Å². The molecule has 7 nitrogen and oxygen atoms in total. The van der Waals surface area contributed by atoms with E-state index in [0.29, 0.717) is 6.42 Å². The minimum absolute atomic E-state index is 0.0933. The topological polar surface area (TPSA) is 110 Å². The highest BCUT2D eigenvalue weighted by atomic mass is 31.2. The number of carbonyl (C=O) groups excluding carboxylic acids is 2. The van der Waals surface area contributed by atoms with E-state index in [1.165, 1.54) is 0 Å². The highest BCUT2D eigenvalue weighted by molar-refractivity contribution is 7.56. The van der Waals surface area contributed by atoms with Crippen LogP contribution in [0, 0.1) is 5.92 Å². The van der Waals surface area contributed by atoms with Crippen molar-refractivity contribution in [3.05, 3.63) is 0 Å². The Kier molecular flexibility index (Phi) is 7.26. The van der Waals surface area contributed by atoms with E-state index >= 15 is 0 Å². The van der Waals surface area contributed by atoms with Crippen LogP contribution >= 0.6 is 7.52 Å². The van der Waals surface area contributed by atoms with E-state index in [1.54, 1.807) is 13.8 Å². The molecule has 0 bridgehead atoms. The fraction of sp³-hybridized carbons (Fsp3) is 0.818. The summed E-state index contributed by atoms with van der Waals surface area (Å²) in [5, 5.41) is 0. The van der Waals surface area contributed by atoms with Crippen molar-refractivity contribution >= 4 is 19.5 Å². The van der Waals surface area contributed by atoms with E-state index in [2.05, 4.69) is 0 Å². The molecular formula is C11H23N2O5P. The smallest absolute Gasteiger partial charge is 0.424 e. The number of nitrogens with zero attached hydrogens (tertiary/aromatic N) is 1. The van der Waals surface area contributed by atoms with Crippen LogP contribution in [0.25, 0.3) is 0 Å². The van der Waals surface area contributed by atoms with Crippen molar-refractivity contribution in [2.45, 2.75) is 39.7 Å². The van der Waals surface area contributed by atoms with Crippen LogP contribution in [0.5, 0.6) is 0 Å². The van der Waals surface area contributed by atoms with Gasteiger partial charge in [-0.15, -0.1) is 0 Å². The van der Waals surface area contributed by atoms with E-state index < -0.39 is 25.6 Å². The van der Waals surface area contributed by atoms with Gasteiger partial charge < -0.3 is 15.4 Å². The van der Waals surface area contributed by atoms with Crippen LogP contribution in [-0.2, 0) is 14.1 Å². The van der Waals surface area contributed by atoms with Gasteiger partial charge in [-0.3, -0.25) is 9.36 Å². The molecule has 2 atom stereocenters. The van der Waals surface area contributed by atoms with Crippen LogP contribution in [-0.4, -0.2) is 40.9 Å². The first-order valence-corrected chi connectivity index (χ1v) is 8.25. The molecule has 112 valence electrons. The van der Waals surface area contributed by atoms with Gasteiger partial charge in [0.25, 0.3) is 5.91 Å². The van der Waals surface area contributed by atoms with Gasteiger partial charge in [0, 0.05) is 6.66 Å². The van der Waals surface area contributed by atoms with Crippen molar-refractivity contribution in [1.82, 2.24) is 4.67 Å². The number of carbonyl (C=O) groups is 2. The monoisotopic (exact) mass is 294 g/mol. The van der Waals surface area contributed by atoms with Gasteiger partial charge in [-0.2, -0.15) is 4.67 Å². The predicted octanol–water partition coefficient (Wildman–Crippen LogP) is 1.55. The number of ether oxygens (including phenoxy) is 1. The molecule has 0 saturated carbocycles. The standard InChI is InChI=1S/C11H23N2O5P/c1-5-6-7-18-11(15)13(19(4,16)17)10(14)9(12)8(2)3/h8-9H,5-7,12H2,1-4H3,(H,16,17)/t9-/m0/s1. The first kappa shape index (κ1) is 18.1. The summed E-state index contributed by atoms with van der Waals surface area (Å²) < 4.78 is 16.7. The number of hydrogen-bond donors (Lipinski definition) is 2. The van der Waals surface area contributed by atoms with E-state index in [1.807, 2.05) is 6.92 Å². The number of hydrogen-bond acceptors (Lipinski definition) is 5. The number of rotatable bonds is 6. The zero-order valence-corrected chi connectivity index (χ0v) is 12.7. The summed E-state index contributed by atoms with van der Waals surface area (Å²) >= 11 is 0. The molecule has 0 aliphatic rings. The lowest BCUT2D eigenvalue weighted by molar-refractivity contribution is -0.128. The van der Waals surface area contributed by atoms with Crippen molar-refractivity contribution in [1.29, 1.82) is 0 Å². The molecule has 0 radical (unpaired) electrons. The van der Waals surface area contributed by atoms with Crippen LogP contribution in [0.1, 0.15) is 33.6 Å². The lowest BCUT2D eigenvalue weighted by atomic mass is 10.1. The Morgan fingerprint density at radius 2 is 1.95 bits per heavy atom. The molecule has 8 heteroatoms. The highest BCUT2D eigenvalue weighted by Gasteiger charge is 2.38. The third-order valence-electron chi connectivity index (χ3n) is 2.48. The van der Waals surface area contributed by atoms with Crippen LogP contribution in [0.15, 0.2) is 0 Å². The fourth-order valence-electron chi connectivity index (χ4n) is 1.22. The van der Waals surface area contributed by atoms with Crippen molar-refractivity contribution < 1.29 is 23.8 Å². The van der Waals surface area contributed by atoms with E-state index in [-0.39, 0.29) is 17.2 Å². The van der Waals surface area contributed by atoms with E-state index in [4.69, 9.17) is 10.5 Å². The average Bonchev–Trinajstić information content (AvgIpc) is 2.26. The lowest BCUT2D eigenvalue weighted by Crippen LogP contribution is -2.47. The Balaban J connectivity index is 4.98. The van der Waals surface area contributed by atoms with Crippen molar-refractivity contribution in [3.63, 3.8) is 0 Å². The summed E-state index contributed by atoms with van der Waals surface area (Å²) in [6, 6.07) is -1.03. The number of nitrogens with two attached hydrogens (primary N) is 1. The van der Waals surface area contributed by atoms with Crippen molar-refractivity contribution in [2.24, 2.45) is 11.7 Å². The zero-order valence-electron chi connectivity index (χ0n) is 11.8. The second-order valence-corrected chi connectivity index (χ2v) is 6.79. The summed E-state index contributed by atoms with van der Waals surface area (Å²) in [6.07, 6.45) is 0.293. The SMILES string of the molecule is CCCCOC(=O)N(C(=O)[C@@H](N)C(C)C)P(C)(=O)O. The zero-order chi connectivity index (χ0) is 15.2. The molecule has 0 aromatic rings. The largest absolute Gasteiger partial charge is 0.449 e. The second kappa shape index (κ2) is 7.62. The highest BCUT2D eigenvalue weighted by Crippen LogP contribution is 2.41. The van der Waals surface area contributed by atoms with Gasteiger partial charge in [0.15, 0.2) is 0 Å². The quantitative estimate of drug-likeness (QED) is 0.568. The molecule has 0 rings (SSSR count). The molecule has 0 aliphatic carbocycles. The van der Waals surface area contributed by atoms with Crippen LogP contribution < -0.4 is 5.73 Å². The molecule has 0 fully saturated rings. The lowest BCUT2D eigenvalue weighted by Gasteiger charge is -2.26. The normalized spacial score (nSPS) is 15.7. The third kappa shape index (κ3) is 5.72. The molecule has 0 aromatic carbocycles. The van der Waals surface area contributed by atoms with Crippen molar-refractivity contribution in [2.75, 3.05) is 13.3 Å². The van der Waals surface area contributed by atoms with Crippen LogP contribution in [0.3, 0.4) is 0 Å². The number of amides is 2. The Bertz CT molecular complexity index is 366. The van der Waals surface area contributed by atoms with Gasteiger partial charge in [0.05, 0.1) is 12.6 Å². The maximum atomic E-state index is 12.0. The maximum absolute atomic E-state index is 12.0. The van der Waals surface area contributed by atoms with Gasteiger partial charge >= 0.3 is 13.6 Å². The Morgan fingerprint density at radius 1 is 1.42 bits per heavy atom. The minimum atomic E-state index is -4.10. The summed E-state index contributed by atoms with van der Waals surface area (Å²) in [5.74, 6) is -1.16. The van der Waals surface area contributed by atoms with Gasteiger partial charge in [-0.05, 0) is 12.3 Å². The van der Waals surface area contributed by atoms with E-state index in [0.717, 1.165) is 13.1 Å². The Hall–Kier alpha value is -0.910. The third-order valence-corrected chi connectivity index (χ3v) is 3.58. The molecule has 0 saturated heterocycles. The average molecular weight is 294 g/mol. The maximum Gasteiger partial charge on any atom is 0.424 e. The van der Waals surface area contributed by atoms with Crippen LogP contribution in [0.2, 0.25) is 0 Å². The summed E-state index contributed by atoms with van der Waals surface area (Å²) in [6.45, 7) is 6.26. The van der Waals surface area contributed by atoms with Gasteiger partial charge in [-0.1, -0.05) is 27.2 Å². The summed E-state index contributed by atoms with van der Waals surface area (Å²) in [7, 11) is -4.10. The Labute approximate surface area is 113 Å². The minimum Gasteiger partial charge on any atom is -0.449 e. The number of imide groups is 1. The fourth-order valence-corrected chi connectivity index (χ4v) is 2.08. The molecule has 0 spiro atoms. The molecule has 3 N–H and O–H groups in total. The second-order valence-electron chi connectivity index (χ2n) is 4.72. The first-order valence-electron chi connectivity index (χ1n) is 6.20. The van der Waals surface area contributed by atoms with Gasteiger partial charge in [0.2, 0.25) is 0 Å². The molecule has 1 unspecified atom stereocenters. The molecule has 0 aromatic heterocycles. The van der Waals surface area contributed by atoms with Gasteiger partial charge in [0.1, 0.15) is 0 Å². The van der Waals surface area contributed by atoms with Gasteiger partial charge in [-0.25, -0.2) is 4.79 Å².